The molecule has 1 aromatic rings. The van der Waals surface area contributed by atoms with Gasteiger partial charge in [-0.3, -0.25) is 4.79 Å². The van der Waals surface area contributed by atoms with Crippen LogP contribution in [0.1, 0.15) is 22.6 Å². The molecule has 0 aliphatic heterocycles. The van der Waals surface area contributed by atoms with Crippen molar-refractivity contribution in [3.8, 4) is 0 Å². The summed E-state index contributed by atoms with van der Waals surface area (Å²) < 4.78 is 37.2. The lowest BCUT2D eigenvalue weighted by Gasteiger charge is -2.03. The minimum absolute atomic E-state index is 0.607. The molecule has 0 aromatic carbocycles. The van der Waals surface area contributed by atoms with Crippen LogP contribution < -0.4 is 5.73 Å². The van der Waals surface area contributed by atoms with Gasteiger partial charge >= 0.3 is 0 Å². The lowest BCUT2D eigenvalue weighted by Crippen LogP contribution is -2.16. The minimum Gasteiger partial charge on any atom is -0.364 e. The van der Waals surface area contributed by atoms with Crippen molar-refractivity contribution in [1.82, 2.24) is 4.98 Å². The highest BCUT2D eigenvalue weighted by Crippen LogP contribution is 2.23. The summed E-state index contributed by atoms with van der Waals surface area (Å²) in [7, 11) is 0. The number of carbonyl (C=O) groups is 1. The minimum atomic E-state index is -2.94. The summed E-state index contributed by atoms with van der Waals surface area (Å²) in [5, 5.41) is -0.607. The van der Waals surface area contributed by atoms with E-state index in [9.17, 15) is 18.0 Å². The van der Waals surface area contributed by atoms with E-state index < -0.39 is 34.6 Å². The molecule has 0 radical (unpaired) electrons. The fourth-order valence-electron chi connectivity index (χ4n) is 0.792. The predicted octanol–water partition coefficient (Wildman–Crippen LogP) is 1.91. The largest absolute Gasteiger partial charge is 0.364 e. The number of halogens is 4. The third-order valence-electron chi connectivity index (χ3n) is 1.39. The number of nitrogens with two attached hydrogens (primary N) is 1. The average Bonchev–Trinajstić information content (AvgIpc) is 2.08. The Morgan fingerprint density at radius 3 is 2.57 bits per heavy atom. The highest BCUT2D eigenvalue weighted by molar-refractivity contribution is 6.31. The second-order valence-corrected chi connectivity index (χ2v) is 2.76. The summed E-state index contributed by atoms with van der Waals surface area (Å²) >= 11 is 5.25. The smallest absolute Gasteiger partial charge is 0.280 e. The number of hydrogen-bond acceptors (Lipinski definition) is 2. The Hall–Kier alpha value is -1.30. The van der Waals surface area contributed by atoms with Crippen molar-refractivity contribution in [3.63, 3.8) is 0 Å². The molecule has 1 amide bonds. The van der Waals surface area contributed by atoms with Crippen LogP contribution in [0.4, 0.5) is 13.2 Å². The Kier molecular flexibility index (Phi) is 2.95. The van der Waals surface area contributed by atoms with E-state index in [0.717, 1.165) is 0 Å². The van der Waals surface area contributed by atoms with Crippen molar-refractivity contribution in [2.75, 3.05) is 0 Å². The molecule has 2 N–H and O–H groups in total. The lowest BCUT2D eigenvalue weighted by molar-refractivity contribution is 0.0989. The Bertz CT molecular complexity index is 383. The van der Waals surface area contributed by atoms with Crippen LogP contribution in [-0.2, 0) is 0 Å². The molecule has 76 valence electrons. The van der Waals surface area contributed by atoms with Gasteiger partial charge in [-0.15, -0.1) is 0 Å². The molecular weight excluding hydrogens is 221 g/mol. The van der Waals surface area contributed by atoms with Gasteiger partial charge in [0.05, 0.1) is 5.02 Å². The topological polar surface area (TPSA) is 56.0 Å². The van der Waals surface area contributed by atoms with E-state index in [1.807, 2.05) is 0 Å². The first-order valence-electron chi connectivity index (χ1n) is 3.37. The highest BCUT2D eigenvalue weighted by Gasteiger charge is 2.19. The average molecular weight is 225 g/mol. The van der Waals surface area contributed by atoms with Crippen LogP contribution in [0, 0.1) is 5.82 Å². The molecule has 1 aromatic heterocycles. The second kappa shape index (κ2) is 3.83. The van der Waals surface area contributed by atoms with Gasteiger partial charge in [-0.1, -0.05) is 11.6 Å². The molecule has 1 heterocycles. The highest BCUT2D eigenvalue weighted by atomic mass is 35.5. The fraction of sp³-hybridized carbons (Fsp3) is 0.143. The van der Waals surface area contributed by atoms with Crippen LogP contribution in [0.2, 0.25) is 5.02 Å². The van der Waals surface area contributed by atoms with Crippen LogP contribution >= 0.6 is 11.6 Å². The van der Waals surface area contributed by atoms with Crippen molar-refractivity contribution < 1.29 is 18.0 Å². The van der Waals surface area contributed by atoms with Crippen molar-refractivity contribution in [1.29, 1.82) is 0 Å². The van der Waals surface area contributed by atoms with E-state index in [1.165, 1.54) is 0 Å². The maximum Gasteiger partial charge on any atom is 0.280 e. The number of aromatic nitrogens is 1. The first-order valence-corrected chi connectivity index (χ1v) is 3.75. The Labute approximate surface area is 81.7 Å². The van der Waals surface area contributed by atoms with Crippen molar-refractivity contribution in [3.05, 3.63) is 28.3 Å². The molecule has 0 bridgehead atoms. The molecule has 0 fully saturated rings. The van der Waals surface area contributed by atoms with Gasteiger partial charge in [0.25, 0.3) is 12.3 Å². The zero-order valence-corrected chi connectivity index (χ0v) is 7.36. The molecule has 0 saturated heterocycles. The maximum atomic E-state index is 13.0. The molecule has 1 rings (SSSR count). The third kappa shape index (κ3) is 1.95. The number of rotatable bonds is 2. The van der Waals surface area contributed by atoms with Crippen LogP contribution in [0.3, 0.4) is 0 Å². The third-order valence-corrected chi connectivity index (χ3v) is 1.67. The first kappa shape index (κ1) is 10.8. The zero-order valence-electron chi connectivity index (χ0n) is 6.60. The summed E-state index contributed by atoms with van der Waals surface area (Å²) in [4.78, 5) is 13.6. The molecular formula is C7H4ClF3N2O. The SMILES string of the molecule is NC(=O)c1nc(C(F)F)cc(Cl)c1F. The number of carbonyl (C=O) groups excluding carboxylic acids is 1. The predicted molar refractivity (Wildman–Crippen MR) is 42.7 cm³/mol. The van der Waals surface area contributed by atoms with Crippen LogP contribution in [0.15, 0.2) is 6.07 Å². The molecule has 0 aliphatic rings. The molecule has 7 heteroatoms. The first-order chi connectivity index (χ1) is 6.43. The molecule has 0 atom stereocenters. The van der Waals surface area contributed by atoms with E-state index in [2.05, 4.69) is 4.98 Å². The van der Waals surface area contributed by atoms with Crippen LogP contribution in [0.5, 0.6) is 0 Å². The molecule has 0 saturated carbocycles. The molecule has 0 unspecified atom stereocenters. The molecule has 0 aliphatic carbocycles. The van der Waals surface area contributed by atoms with Crippen LogP contribution in [0.25, 0.3) is 0 Å². The van der Waals surface area contributed by atoms with E-state index >= 15 is 0 Å². The van der Waals surface area contributed by atoms with Gasteiger partial charge in [0.2, 0.25) is 0 Å². The molecule has 3 nitrogen and oxygen atoms in total. The standard InChI is InChI=1S/C7H4ClF3N2O/c8-2-1-3(6(10)11)13-5(4(2)9)7(12)14/h1,6H,(H2,12,14). The number of nitrogens with zero attached hydrogens (tertiary/aromatic N) is 1. The van der Waals surface area contributed by atoms with E-state index in [-0.39, 0.29) is 0 Å². The lowest BCUT2D eigenvalue weighted by atomic mass is 10.3. The Balaban J connectivity index is 3.35. The van der Waals surface area contributed by atoms with Gasteiger partial charge in [-0.05, 0) is 6.07 Å². The van der Waals surface area contributed by atoms with Crippen molar-refractivity contribution >= 4 is 17.5 Å². The summed E-state index contributed by atoms with van der Waals surface area (Å²) in [6.07, 6.45) is -2.94. The summed E-state index contributed by atoms with van der Waals surface area (Å²) in [6.45, 7) is 0. The monoisotopic (exact) mass is 224 g/mol. The fourth-order valence-corrected chi connectivity index (χ4v) is 0.993. The summed E-state index contributed by atoms with van der Waals surface area (Å²) in [5.74, 6) is -2.43. The molecule has 0 spiro atoms. The van der Waals surface area contributed by atoms with Crippen molar-refractivity contribution in [2.24, 2.45) is 5.73 Å². The van der Waals surface area contributed by atoms with E-state index in [4.69, 9.17) is 17.3 Å². The summed E-state index contributed by atoms with van der Waals surface area (Å²) in [5.41, 5.74) is 3.04. The number of pyridine rings is 1. The maximum absolute atomic E-state index is 13.0. The number of hydrogen-bond donors (Lipinski definition) is 1. The summed E-state index contributed by atoms with van der Waals surface area (Å²) in [6, 6.07) is 0.647. The quantitative estimate of drug-likeness (QED) is 0.834. The van der Waals surface area contributed by atoms with Gasteiger partial charge in [0.15, 0.2) is 11.5 Å². The van der Waals surface area contributed by atoms with Gasteiger partial charge in [-0.25, -0.2) is 18.2 Å². The van der Waals surface area contributed by atoms with Crippen LogP contribution in [-0.4, -0.2) is 10.9 Å². The molecule has 14 heavy (non-hydrogen) atoms. The van der Waals surface area contributed by atoms with E-state index in [1.54, 1.807) is 0 Å². The normalized spacial score (nSPS) is 10.6. The van der Waals surface area contributed by atoms with Gasteiger partial charge in [-0.2, -0.15) is 0 Å². The zero-order chi connectivity index (χ0) is 10.9. The number of amides is 1. The second-order valence-electron chi connectivity index (χ2n) is 2.36. The number of alkyl halides is 2. The Morgan fingerprint density at radius 2 is 2.14 bits per heavy atom. The van der Waals surface area contributed by atoms with Crippen molar-refractivity contribution in [2.45, 2.75) is 6.43 Å². The Morgan fingerprint density at radius 1 is 1.57 bits per heavy atom. The number of primary amides is 1. The van der Waals surface area contributed by atoms with E-state index in [0.29, 0.717) is 6.07 Å². The van der Waals surface area contributed by atoms with Gasteiger partial charge < -0.3 is 5.73 Å². The van der Waals surface area contributed by atoms with Gasteiger partial charge in [0, 0.05) is 0 Å². The van der Waals surface area contributed by atoms with Gasteiger partial charge in [0.1, 0.15) is 5.69 Å².